The zero-order valence-corrected chi connectivity index (χ0v) is 9.92. The molecule has 0 aliphatic heterocycles. The third-order valence-corrected chi connectivity index (χ3v) is 2.79. The fourth-order valence-electron chi connectivity index (χ4n) is 1.33. The van der Waals surface area contributed by atoms with Crippen LogP contribution in [0.15, 0.2) is 24.3 Å². The predicted octanol–water partition coefficient (Wildman–Crippen LogP) is 1.01. The summed E-state index contributed by atoms with van der Waals surface area (Å²) in [5.41, 5.74) is 1.57. The zero-order valence-electron chi connectivity index (χ0n) is 9.10. The van der Waals surface area contributed by atoms with Crippen molar-refractivity contribution in [3.8, 4) is 0 Å². The van der Waals surface area contributed by atoms with Gasteiger partial charge >= 0.3 is 0 Å². The van der Waals surface area contributed by atoms with Crippen LogP contribution in [-0.2, 0) is 26.9 Å². The average molecular weight is 241 g/mol. The minimum Gasteiger partial charge on any atom is -0.352 e. The molecule has 0 spiro atoms. The van der Waals surface area contributed by atoms with Gasteiger partial charge in [0.2, 0.25) is 5.91 Å². The van der Waals surface area contributed by atoms with E-state index in [4.69, 9.17) is 0 Å². The number of amides is 1. The maximum Gasteiger partial charge on any atom is 0.217 e. The van der Waals surface area contributed by atoms with Crippen LogP contribution in [0.5, 0.6) is 0 Å². The second-order valence-corrected chi connectivity index (χ2v) is 5.43. The standard InChI is InChI=1S/C11H15NO3S/c1-9(13)12-7-10-5-3-4-6-11(10)8-16(2,14)15/h3-6H,2,7-8H2,1H3,(H,12,13)(H,14,15). The molecule has 0 saturated heterocycles. The minimum atomic E-state index is -3.05. The number of nitrogens with one attached hydrogen (secondary N) is 1. The molecule has 1 unspecified atom stereocenters. The summed E-state index contributed by atoms with van der Waals surface area (Å²) in [6.07, 6.45) is 0. The summed E-state index contributed by atoms with van der Waals surface area (Å²) in [6, 6.07) is 7.19. The topological polar surface area (TPSA) is 66.4 Å². The maximum absolute atomic E-state index is 11.2. The largest absolute Gasteiger partial charge is 0.352 e. The van der Waals surface area contributed by atoms with Gasteiger partial charge < -0.3 is 9.87 Å². The molecule has 1 amide bonds. The van der Waals surface area contributed by atoms with E-state index in [0.717, 1.165) is 11.1 Å². The summed E-state index contributed by atoms with van der Waals surface area (Å²) >= 11 is 0. The summed E-state index contributed by atoms with van der Waals surface area (Å²) in [5.74, 6) is 3.07. The highest BCUT2D eigenvalue weighted by molar-refractivity contribution is 7.94. The lowest BCUT2D eigenvalue weighted by Gasteiger charge is -2.09. The molecule has 0 aliphatic rings. The Balaban J connectivity index is 2.87. The van der Waals surface area contributed by atoms with Crippen molar-refractivity contribution in [1.29, 1.82) is 0 Å². The average Bonchev–Trinajstić information content (AvgIpc) is 2.14. The summed E-state index contributed by atoms with van der Waals surface area (Å²) < 4.78 is 20.4. The zero-order chi connectivity index (χ0) is 12.2. The van der Waals surface area contributed by atoms with Crippen LogP contribution in [0.2, 0.25) is 0 Å². The Morgan fingerprint density at radius 2 is 2.00 bits per heavy atom. The Labute approximate surface area is 95.5 Å². The fraction of sp³-hybridized carbons (Fsp3) is 0.273. The number of carbonyl (C=O) groups excluding carboxylic acids is 1. The normalized spacial score (nSPS) is 14.1. The molecule has 1 aromatic rings. The van der Waals surface area contributed by atoms with Crippen LogP contribution in [0.25, 0.3) is 0 Å². The van der Waals surface area contributed by atoms with Crippen molar-refractivity contribution in [2.45, 2.75) is 19.2 Å². The van der Waals surface area contributed by atoms with Crippen LogP contribution in [0.3, 0.4) is 0 Å². The lowest BCUT2D eigenvalue weighted by atomic mass is 10.1. The van der Waals surface area contributed by atoms with E-state index < -0.39 is 9.80 Å². The van der Waals surface area contributed by atoms with E-state index in [1.807, 2.05) is 12.1 Å². The summed E-state index contributed by atoms with van der Waals surface area (Å²) in [6.45, 7) is 1.79. The Hall–Kier alpha value is -1.33. The van der Waals surface area contributed by atoms with Gasteiger partial charge in [-0.1, -0.05) is 24.3 Å². The molecular formula is C11H15NO3S. The predicted molar refractivity (Wildman–Crippen MR) is 65.6 cm³/mol. The van der Waals surface area contributed by atoms with Gasteiger partial charge in [0.15, 0.2) is 0 Å². The lowest BCUT2D eigenvalue weighted by molar-refractivity contribution is -0.119. The van der Waals surface area contributed by atoms with Gasteiger partial charge in [-0.25, -0.2) is 4.21 Å². The van der Waals surface area contributed by atoms with Gasteiger partial charge in [-0.05, 0) is 17.0 Å². The molecule has 5 heteroatoms. The van der Waals surface area contributed by atoms with Gasteiger partial charge in [0.1, 0.15) is 0 Å². The van der Waals surface area contributed by atoms with Crippen molar-refractivity contribution in [3.05, 3.63) is 35.4 Å². The van der Waals surface area contributed by atoms with Gasteiger partial charge in [-0.3, -0.25) is 4.79 Å². The van der Waals surface area contributed by atoms with Gasteiger partial charge in [0, 0.05) is 13.5 Å². The lowest BCUT2D eigenvalue weighted by Crippen LogP contribution is -2.20. The number of benzene rings is 1. The fourth-order valence-corrected chi connectivity index (χ4v) is 2.10. The molecule has 0 bridgehead atoms. The van der Waals surface area contributed by atoms with E-state index in [1.165, 1.54) is 6.92 Å². The van der Waals surface area contributed by atoms with Crippen molar-refractivity contribution in [3.63, 3.8) is 0 Å². The smallest absolute Gasteiger partial charge is 0.217 e. The monoisotopic (exact) mass is 241 g/mol. The van der Waals surface area contributed by atoms with Gasteiger partial charge in [-0.2, -0.15) is 0 Å². The van der Waals surface area contributed by atoms with Crippen molar-refractivity contribution >= 4 is 21.6 Å². The van der Waals surface area contributed by atoms with E-state index in [9.17, 15) is 13.6 Å². The second kappa shape index (κ2) is 5.14. The first-order valence-corrected chi connectivity index (χ1v) is 6.62. The van der Waals surface area contributed by atoms with Crippen LogP contribution < -0.4 is 5.32 Å². The molecule has 1 aromatic carbocycles. The molecule has 0 aromatic heterocycles. The summed E-state index contributed by atoms with van der Waals surface area (Å²) in [5, 5.41) is 2.65. The van der Waals surface area contributed by atoms with Gasteiger partial charge in [-0.15, -0.1) is 0 Å². The summed E-state index contributed by atoms with van der Waals surface area (Å²) in [7, 11) is -3.05. The second-order valence-electron chi connectivity index (χ2n) is 3.60. The van der Waals surface area contributed by atoms with Gasteiger partial charge in [0.25, 0.3) is 0 Å². The Morgan fingerprint density at radius 3 is 2.50 bits per heavy atom. The molecule has 0 heterocycles. The number of hydrogen-bond acceptors (Lipinski definition) is 2. The van der Waals surface area contributed by atoms with E-state index in [-0.39, 0.29) is 11.7 Å². The molecular weight excluding hydrogens is 226 g/mol. The number of rotatable bonds is 4. The molecule has 0 saturated carbocycles. The SMILES string of the molecule is C=S(=O)(O)Cc1ccccc1CNC(C)=O. The quantitative estimate of drug-likeness (QED) is 0.773. The third-order valence-electron chi connectivity index (χ3n) is 2.03. The van der Waals surface area contributed by atoms with Crippen molar-refractivity contribution in [1.82, 2.24) is 5.32 Å². The first-order chi connectivity index (χ1) is 7.38. The number of carbonyl (C=O) groups is 1. The Bertz CT molecular complexity index is 480. The van der Waals surface area contributed by atoms with Crippen LogP contribution in [0.1, 0.15) is 18.1 Å². The molecule has 88 valence electrons. The highest BCUT2D eigenvalue weighted by atomic mass is 32.2. The van der Waals surface area contributed by atoms with Gasteiger partial charge in [0.05, 0.1) is 15.6 Å². The molecule has 0 radical (unpaired) electrons. The molecule has 0 aliphatic carbocycles. The molecule has 16 heavy (non-hydrogen) atoms. The van der Waals surface area contributed by atoms with Crippen LogP contribution in [-0.4, -0.2) is 20.5 Å². The van der Waals surface area contributed by atoms with E-state index in [2.05, 4.69) is 11.2 Å². The van der Waals surface area contributed by atoms with Crippen molar-refractivity contribution < 1.29 is 13.6 Å². The highest BCUT2D eigenvalue weighted by Crippen LogP contribution is 2.11. The molecule has 4 nitrogen and oxygen atoms in total. The maximum atomic E-state index is 11.2. The van der Waals surface area contributed by atoms with E-state index >= 15 is 0 Å². The molecule has 0 fully saturated rings. The number of hydrogen-bond donors (Lipinski definition) is 2. The first kappa shape index (κ1) is 12.7. The first-order valence-electron chi connectivity index (χ1n) is 4.77. The van der Waals surface area contributed by atoms with Crippen LogP contribution >= 0.6 is 0 Å². The molecule has 1 rings (SSSR count). The Morgan fingerprint density at radius 1 is 1.44 bits per heavy atom. The Kier molecular flexibility index (Phi) is 4.09. The van der Waals surface area contributed by atoms with Crippen LogP contribution in [0, 0.1) is 0 Å². The van der Waals surface area contributed by atoms with Crippen LogP contribution in [0.4, 0.5) is 0 Å². The third kappa shape index (κ3) is 4.46. The minimum absolute atomic E-state index is 0.00274. The highest BCUT2D eigenvalue weighted by Gasteiger charge is 2.06. The summed E-state index contributed by atoms with van der Waals surface area (Å²) in [4.78, 5) is 10.8. The molecule has 1 atom stereocenters. The van der Waals surface area contributed by atoms with E-state index in [1.54, 1.807) is 12.1 Å². The van der Waals surface area contributed by atoms with Crippen molar-refractivity contribution in [2.75, 3.05) is 0 Å². The van der Waals surface area contributed by atoms with E-state index in [0.29, 0.717) is 6.54 Å². The molecule has 2 N–H and O–H groups in total. The van der Waals surface area contributed by atoms with Crippen molar-refractivity contribution in [2.24, 2.45) is 0 Å².